The number of amides is 1. The van der Waals surface area contributed by atoms with Crippen LogP contribution in [0.2, 0.25) is 0 Å². The standard InChI is InChI=1S/C12H22N2O5S/c1-2-8-6-9(10(7-8)12(16)17)11(15)14-4-3-5-20(13,18)19/h8-10H,2-7H2,1H3,(H,14,15)(H,16,17)(H2,13,18,19)/t8?,9-,10+/m0/s1. The van der Waals surface area contributed by atoms with E-state index in [1.165, 1.54) is 0 Å². The number of primary sulfonamides is 1. The van der Waals surface area contributed by atoms with Crippen LogP contribution in [-0.2, 0) is 19.6 Å². The molecule has 0 heterocycles. The van der Waals surface area contributed by atoms with Crippen molar-refractivity contribution in [3.63, 3.8) is 0 Å². The van der Waals surface area contributed by atoms with Crippen molar-refractivity contribution in [2.75, 3.05) is 12.3 Å². The number of carbonyl (C=O) groups excluding carboxylic acids is 1. The average Bonchev–Trinajstić information content (AvgIpc) is 2.77. The Bertz CT molecular complexity index is 462. The number of aliphatic carboxylic acids is 1. The summed E-state index contributed by atoms with van der Waals surface area (Å²) in [6.45, 7) is 2.17. The lowest BCUT2D eigenvalue weighted by atomic mass is 9.95. The van der Waals surface area contributed by atoms with Gasteiger partial charge in [-0.15, -0.1) is 0 Å². The van der Waals surface area contributed by atoms with E-state index in [1.54, 1.807) is 0 Å². The van der Waals surface area contributed by atoms with Crippen LogP contribution in [0, 0.1) is 17.8 Å². The van der Waals surface area contributed by atoms with E-state index in [4.69, 9.17) is 10.2 Å². The molecule has 3 atom stereocenters. The molecule has 7 nitrogen and oxygen atoms in total. The zero-order valence-electron chi connectivity index (χ0n) is 11.5. The fourth-order valence-corrected chi connectivity index (χ4v) is 3.20. The van der Waals surface area contributed by atoms with Crippen LogP contribution in [0.25, 0.3) is 0 Å². The summed E-state index contributed by atoms with van der Waals surface area (Å²) in [4.78, 5) is 23.2. The third-order valence-electron chi connectivity index (χ3n) is 3.80. The number of carboxylic acid groups (broad SMARTS) is 1. The van der Waals surface area contributed by atoms with E-state index >= 15 is 0 Å². The van der Waals surface area contributed by atoms with Gasteiger partial charge in [-0.2, -0.15) is 0 Å². The van der Waals surface area contributed by atoms with E-state index in [1.807, 2.05) is 6.92 Å². The lowest BCUT2D eigenvalue weighted by Gasteiger charge is -2.15. The van der Waals surface area contributed by atoms with Crippen molar-refractivity contribution >= 4 is 21.9 Å². The Morgan fingerprint density at radius 1 is 1.30 bits per heavy atom. The SMILES string of the molecule is CCC1C[C@H](C(=O)NCCCS(N)(=O)=O)[C@H](C(=O)O)C1. The molecule has 1 rings (SSSR count). The largest absolute Gasteiger partial charge is 0.481 e. The second-order valence-corrected chi connectivity index (χ2v) is 7.04. The van der Waals surface area contributed by atoms with Gasteiger partial charge < -0.3 is 10.4 Å². The lowest BCUT2D eigenvalue weighted by Crippen LogP contribution is -2.36. The van der Waals surface area contributed by atoms with Crippen LogP contribution in [0.3, 0.4) is 0 Å². The Morgan fingerprint density at radius 3 is 2.40 bits per heavy atom. The van der Waals surface area contributed by atoms with Crippen molar-refractivity contribution in [2.45, 2.75) is 32.6 Å². The summed E-state index contributed by atoms with van der Waals surface area (Å²) < 4.78 is 21.5. The maximum absolute atomic E-state index is 12.0. The molecule has 0 aromatic carbocycles. The van der Waals surface area contributed by atoms with Crippen molar-refractivity contribution in [1.82, 2.24) is 5.32 Å². The first-order valence-corrected chi connectivity index (χ1v) is 8.47. The molecule has 0 spiro atoms. The Morgan fingerprint density at radius 2 is 1.90 bits per heavy atom. The highest BCUT2D eigenvalue weighted by Gasteiger charge is 2.41. The molecule has 1 aliphatic rings. The van der Waals surface area contributed by atoms with Crippen molar-refractivity contribution in [3.05, 3.63) is 0 Å². The van der Waals surface area contributed by atoms with E-state index in [-0.39, 0.29) is 30.5 Å². The number of carboxylic acids is 1. The molecule has 0 radical (unpaired) electrons. The zero-order chi connectivity index (χ0) is 15.3. The molecule has 8 heteroatoms. The molecular weight excluding hydrogens is 284 g/mol. The predicted octanol–water partition coefficient (Wildman–Crippen LogP) is -0.0818. The molecule has 1 unspecified atom stereocenters. The number of hydrogen-bond acceptors (Lipinski definition) is 4. The van der Waals surface area contributed by atoms with Crippen molar-refractivity contribution in [2.24, 2.45) is 22.9 Å². The fraction of sp³-hybridized carbons (Fsp3) is 0.833. The van der Waals surface area contributed by atoms with E-state index in [9.17, 15) is 18.0 Å². The Kier molecular flexibility index (Phi) is 5.94. The number of nitrogens with two attached hydrogens (primary N) is 1. The molecule has 0 aromatic rings. The Hall–Kier alpha value is -1.15. The fourth-order valence-electron chi connectivity index (χ4n) is 2.66. The van der Waals surface area contributed by atoms with E-state index in [2.05, 4.69) is 5.32 Å². The summed E-state index contributed by atoms with van der Waals surface area (Å²) in [5.74, 6) is -2.34. The normalized spacial score (nSPS) is 26.4. The first-order chi connectivity index (χ1) is 9.24. The quantitative estimate of drug-likeness (QED) is 0.567. The topological polar surface area (TPSA) is 127 Å². The van der Waals surface area contributed by atoms with Gasteiger partial charge >= 0.3 is 5.97 Å². The van der Waals surface area contributed by atoms with Crippen LogP contribution < -0.4 is 10.5 Å². The summed E-state index contributed by atoms with van der Waals surface area (Å²) in [5.41, 5.74) is 0. The van der Waals surface area contributed by atoms with Gasteiger partial charge in [-0.25, -0.2) is 13.6 Å². The Balaban J connectivity index is 2.47. The van der Waals surface area contributed by atoms with Crippen LogP contribution in [-0.4, -0.2) is 37.7 Å². The number of hydrogen-bond donors (Lipinski definition) is 3. The van der Waals surface area contributed by atoms with Gasteiger partial charge in [0, 0.05) is 6.54 Å². The number of rotatable bonds is 7. The second-order valence-electron chi connectivity index (χ2n) is 5.31. The molecule has 20 heavy (non-hydrogen) atoms. The van der Waals surface area contributed by atoms with Gasteiger partial charge in [0.15, 0.2) is 0 Å². The first kappa shape index (κ1) is 16.9. The smallest absolute Gasteiger partial charge is 0.307 e. The van der Waals surface area contributed by atoms with Crippen LogP contribution in [0.1, 0.15) is 32.6 Å². The van der Waals surface area contributed by atoms with Gasteiger partial charge in [-0.05, 0) is 25.2 Å². The average molecular weight is 306 g/mol. The predicted molar refractivity (Wildman–Crippen MR) is 73.2 cm³/mol. The Labute approximate surface area is 119 Å². The van der Waals surface area contributed by atoms with Crippen LogP contribution >= 0.6 is 0 Å². The minimum Gasteiger partial charge on any atom is -0.481 e. The highest BCUT2D eigenvalue weighted by atomic mass is 32.2. The molecule has 0 aliphatic heterocycles. The van der Waals surface area contributed by atoms with E-state index in [0.717, 1.165) is 6.42 Å². The maximum Gasteiger partial charge on any atom is 0.307 e. The summed E-state index contributed by atoms with van der Waals surface area (Å²) in [7, 11) is -3.52. The molecule has 4 N–H and O–H groups in total. The highest BCUT2D eigenvalue weighted by Crippen LogP contribution is 2.38. The van der Waals surface area contributed by atoms with Gasteiger partial charge in [0.1, 0.15) is 0 Å². The van der Waals surface area contributed by atoms with E-state index < -0.39 is 27.8 Å². The lowest BCUT2D eigenvalue weighted by molar-refractivity contribution is -0.146. The van der Waals surface area contributed by atoms with Gasteiger partial charge in [-0.3, -0.25) is 9.59 Å². The second kappa shape index (κ2) is 7.03. The summed E-state index contributed by atoms with van der Waals surface area (Å²) >= 11 is 0. The molecule has 1 saturated carbocycles. The minimum absolute atomic E-state index is 0.189. The molecule has 116 valence electrons. The minimum atomic E-state index is -3.52. The maximum atomic E-state index is 12.0. The molecule has 0 saturated heterocycles. The molecule has 1 amide bonds. The third-order valence-corrected chi connectivity index (χ3v) is 4.65. The summed E-state index contributed by atoms with van der Waals surface area (Å²) in [6, 6.07) is 0. The summed E-state index contributed by atoms with van der Waals surface area (Å²) in [5, 5.41) is 16.6. The molecular formula is C12H22N2O5S. The monoisotopic (exact) mass is 306 g/mol. The highest BCUT2D eigenvalue weighted by molar-refractivity contribution is 7.89. The van der Waals surface area contributed by atoms with Crippen LogP contribution in [0.5, 0.6) is 0 Å². The first-order valence-electron chi connectivity index (χ1n) is 6.75. The van der Waals surface area contributed by atoms with Crippen LogP contribution in [0.15, 0.2) is 0 Å². The van der Waals surface area contributed by atoms with E-state index in [0.29, 0.717) is 12.8 Å². The van der Waals surface area contributed by atoms with Crippen molar-refractivity contribution < 1.29 is 23.1 Å². The summed E-state index contributed by atoms with van der Waals surface area (Å²) in [6.07, 6.45) is 2.20. The molecule has 1 aliphatic carbocycles. The molecule has 0 aromatic heterocycles. The number of nitrogens with one attached hydrogen (secondary N) is 1. The van der Waals surface area contributed by atoms with Crippen LogP contribution in [0.4, 0.5) is 0 Å². The zero-order valence-corrected chi connectivity index (χ0v) is 12.4. The van der Waals surface area contributed by atoms with Gasteiger partial charge in [0.25, 0.3) is 0 Å². The van der Waals surface area contributed by atoms with Gasteiger partial charge in [0.2, 0.25) is 15.9 Å². The van der Waals surface area contributed by atoms with Gasteiger partial charge in [-0.1, -0.05) is 13.3 Å². The number of carbonyl (C=O) groups is 2. The molecule has 0 bridgehead atoms. The third kappa shape index (κ3) is 5.09. The van der Waals surface area contributed by atoms with Crippen molar-refractivity contribution in [1.29, 1.82) is 0 Å². The van der Waals surface area contributed by atoms with Crippen molar-refractivity contribution in [3.8, 4) is 0 Å². The van der Waals surface area contributed by atoms with Gasteiger partial charge in [0.05, 0.1) is 17.6 Å². The number of sulfonamides is 1. The molecule has 1 fully saturated rings.